The average Bonchev–Trinajstić information content (AvgIpc) is 2.79. The summed E-state index contributed by atoms with van der Waals surface area (Å²) in [6.45, 7) is 1.75. The summed E-state index contributed by atoms with van der Waals surface area (Å²) in [7, 11) is 0. The van der Waals surface area contributed by atoms with Crippen molar-refractivity contribution >= 4 is 16.8 Å². The van der Waals surface area contributed by atoms with Gasteiger partial charge in [-0.2, -0.15) is 5.26 Å². The van der Waals surface area contributed by atoms with E-state index >= 15 is 0 Å². The Morgan fingerprint density at radius 3 is 2.94 bits per heavy atom. The monoisotopic (exact) mass is 228 g/mol. The lowest BCUT2D eigenvalue weighted by molar-refractivity contribution is -0.123. The zero-order valence-corrected chi connectivity index (χ0v) is 9.34. The maximum Gasteiger partial charge on any atom is 0.256 e. The molecule has 86 valence electrons. The molecule has 0 bridgehead atoms. The van der Waals surface area contributed by atoms with Gasteiger partial charge >= 0.3 is 0 Å². The first kappa shape index (κ1) is 11.2. The number of carbonyl (C=O) groups is 1. The largest absolute Gasteiger partial charge is 0.335 e. The van der Waals surface area contributed by atoms with Gasteiger partial charge in [-0.1, -0.05) is 6.07 Å². The number of carbonyl (C=O) groups excluding carboxylic acids is 1. The normalized spacial score (nSPS) is 12.1. The van der Waals surface area contributed by atoms with Gasteiger partial charge in [0.05, 0.1) is 17.1 Å². The molecule has 5 nitrogen and oxygen atoms in total. The third-order valence-electron chi connectivity index (χ3n) is 2.79. The molecular weight excluding hydrogens is 216 g/mol. The molecule has 1 heterocycles. The number of amides is 1. The Kier molecular flexibility index (Phi) is 2.81. The number of rotatable bonds is 2. The second-order valence-electron chi connectivity index (χ2n) is 3.79. The van der Waals surface area contributed by atoms with Crippen LogP contribution in [0.1, 0.15) is 18.5 Å². The van der Waals surface area contributed by atoms with Crippen molar-refractivity contribution in [2.75, 3.05) is 0 Å². The minimum atomic E-state index is -0.411. The summed E-state index contributed by atoms with van der Waals surface area (Å²) >= 11 is 0. The van der Waals surface area contributed by atoms with Crippen molar-refractivity contribution < 1.29 is 4.79 Å². The van der Waals surface area contributed by atoms with Gasteiger partial charge in [-0.05, 0) is 30.5 Å². The van der Waals surface area contributed by atoms with E-state index in [0.29, 0.717) is 5.56 Å². The van der Waals surface area contributed by atoms with Gasteiger partial charge in [0.1, 0.15) is 6.04 Å². The van der Waals surface area contributed by atoms with Crippen molar-refractivity contribution in [1.82, 2.24) is 9.99 Å². The van der Waals surface area contributed by atoms with Crippen LogP contribution in [0, 0.1) is 11.3 Å². The van der Waals surface area contributed by atoms with Crippen LogP contribution >= 0.6 is 0 Å². The fraction of sp³-hybridized carbons (Fsp3) is 0.167. The summed E-state index contributed by atoms with van der Waals surface area (Å²) in [5, 5.41) is 9.85. The molecule has 0 saturated carbocycles. The topological polar surface area (TPSA) is 83.8 Å². The van der Waals surface area contributed by atoms with Crippen LogP contribution in [0.25, 0.3) is 10.9 Å². The molecule has 0 spiro atoms. The average molecular weight is 228 g/mol. The second-order valence-corrected chi connectivity index (χ2v) is 3.79. The van der Waals surface area contributed by atoms with Gasteiger partial charge < -0.3 is 4.57 Å². The summed E-state index contributed by atoms with van der Waals surface area (Å²) in [5.41, 5.74) is 3.54. The zero-order chi connectivity index (χ0) is 12.4. The minimum absolute atomic E-state index is 0.273. The predicted molar refractivity (Wildman–Crippen MR) is 63.7 cm³/mol. The number of aromatic nitrogens is 1. The lowest BCUT2D eigenvalue weighted by atomic mass is 10.2. The molecule has 0 aliphatic rings. The number of nitrogens with zero attached hydrogens (tertiary/aromatic N) is 2. The highest BCUT2D eigenvalue weighted by Gasteiger charge is 2.15. The number of hydrazine groups is 1. The Bertz CT molecular complexity index is 608. The fourth-order valence-electron chi connectivity index (χ4n) is 1.80. The quantitative estimate of drug-likeness (QED) is 0.458. The van der Waals surface area contributed by atoms with E-state index in [1.165, 1.54) is 0 Å². The summed E-state index contributed by atoms with van der Waals surface area (Å²) in [5.74, 6) is 4.84. The maximum atomic E-state index is 11.5. The summed E-state index contributed by atoms with van der Waals surface area (Å²) in [6, 6.07) is 8.94. The number of benzene rings is 1. The second kappa shape index (κ2) is 4.28. The highest BCUT2D eigenvalue weighted by Crippen LogP contribution is 2.21. The highest BCUT2D eigenvalue weighted by molar-refractivity contribution is 5.86. The van der Waals surface area contributed by atoms with E-state index in [9.17, 15) is 4.79 Å². The molecule has 1 unspecified atom stereocenters. The smallest absolute Gasteiger partial charge is 0.256 e. The van der Waals surface area contributed by atoms with Crippen LogP contribution < -0.4 is 11.3 Å². The number of nitrogens with one attached hydrogen (secondary N) is 1. The molecule has 17 heavy (non-hydrogen) atoms. The van der Waals surface area contributed by atoms with E-state index in [0.717, 1.165) is 10.9 Å². The number of nitriles is 1. The Morgan fingerprint density at radius 1 is 1.53 bits per heavy atom. The van der Waals surface area contributed by atoms with Gasteiger partial charge in [-0.25, -0.2) is 5.84 Å². The van der Waals surface area contributed by atoms with Crippen molar-refractivity contribution in [3.63, 3.8) is 0 Å². The molecule has 1 aromatic carbocycles. The first-order valence-corrected chi connectivity index (χ1v) is 5.18. The molecule has 0 aliphatic carbocycles. The minimum Gasteiger partial charge on any atom is -0.335 e. The third kappa shape index (κ3) is 1.86. The van der Waals surface area contributed by atoms with Gasteiger partial charge in [0.25, 0.3) is 5.91 Å². The van der Waals surface area contributed by atoms with Crippen LogP contribution in [0.5, 0.6) is 0 Å². The van der Waals surface area contributed by atoms with Crippen molar-refractivity contribution in [3.8, 4) is 6.07 Å². The number of fused-ring (bicyclic) bond motifs is 1. The summed E-state index contributed by atoms with van der Waals surface area (Å²) < 4.78 is 1.79. The van der Waals surface area contributed by atoms with Gasteiger partial charge in [0.2, 0.25) is 0 Å². The molecule has 0 saturated heterocycles. The highest BCUT2D eigenvalue weighted by atomic mass is 16.2. The first-order chi connectivity index (χ1) is 8.17. The van der Waals surface area contributed by atoms with Crippen molar-refractivity contribution in [3.05, 3.63) is 36.0 Å². The van der Waals surface area contributed by atoms with Gasteiger partial charge in [0.15, 0.2) is 0 Å². The van der Waals surface area contributed by atoms with E-state index in [1.807, 2.05) is 18.3 Å². The summed E-state index contributed by atoms with van der Waals surface area (Å²) in [6.07, 6.45) is 1.81. The van der Waals surface area contributed by atoms with Gasteiger partial charge in [-0.3, -0.25) is 10.2 Å². The Balaban J connectivity index is 2.55. The molecule has 0 radical (unpaired) electrons. The molecule has 0 fully saturated rings. The molecule has 1 atom stereocenters. The first-order valence-electron chi connectivity index (χ1n) is 5.18. The van der Waals surface area contributed by atoms with Gasteiger partial charge in [-0.15, -0.1) is 0 Å². The molecule has 1 aromatic heterocycles. The lowest BCUT2D eigenvalue weighted by Crippen LogP contribution is -2.35. The Morgan fingerprint density at radius 2 is 2.29 bits per heavy atom. The molecule has 3 N–H and O–H groups in total. The van der Waals surface area contributed by atoms with Crippen LogP contribution in [-0.4, -0.2) is 10.5 Å². The van der Waals surface area contributed by atoms with E-state index in [4.69, 9.17) is 11.1 Å². The van der Waals surface area contributed by atoms with Crippen molar-refractivity contribution in [2.45, 2.75) is 13.0 Å². The van der Waals surface area contributed by atoms with E-state index in [2.05, 4.69) is 11.5 Å². The van der Waals surface area contributed by atoms with Crippen LogP contribution in [0.15, 0.2) is 30.5 Å². The van der Waals surface area contributed by atoms with Gasteiger partial charge in [0, 0.05) is 6.20 Å². The van der Waals surface area contributed by atoms with E-state index < -0.39 is 6.04 Å². The number of nitrogens with two attached hydrogens (primary N) is 1. The molecular formula is C12H12N4O. The summed E-state index contributed by atoms with van der Waals surface area (Å²) in [4.78, 5) is 11.5. The molecule has 1 amide bonds. The third-order valence-corrected chi connectivity index (χ3v) is 2.79. The zero-order valence-electron chi connectivity index (χ0n) is 9.34. The van der Waals surface area contributed by atoms with Crippen molar-refractivity contribution in [1.29, 1.82) is 5.26 Å². The standard InChI is InChI=1S/C12H12N4O/c1-8(12(17)15-14)16-5-4-10-3-2-9(7-13)6-11(10)16/h2-6,8H,14H2,1H3,(H,15,17). The fourth-order valence-corrected chi connectivity index (χ4v) is 1.80. The Labute approximate surface area is 98.4 Å². The van der Waals surface area contributed by atoms with Crippen LogP contribution in [0.4, 0.5) is 0 Å². The van der Waals surface area contributed by atoms with Crippen LogP contribution in [0.3, 0.4) is 0 Å². The predicted octanol–water partition coefficient (Wildman–Crippen LogP) is 1.06. The molecule has 2 rings (SSSR count). The number of hydrogen-bond donors (Lipinski definition) is 2. The van der Waals surface area contributed by atoms with E-state index in [1.54, 1.807) is 23.6 Å². The lowest BCUT2D eigenvalue weighted by Gasteiger charge is -2.13. The van der Waals surface area contributed by atoms with E-state index in [-0.39, 0.29) is 5.91 Å². The maximum absolute atomic E-state index is 11.5. The van der Waals surface area contributed by atoms with Crippen LogP contribution in [-0.2, 0) is 4.79 Å². The van der Waals surface area contributed by atoms with Crippen LogP contribution in [0.2, 0.25) is 0 Å². The number of hydrogen-bond acceptors (Lipinski definition) is 3. The molecule has 2 aromatic rings. The van der Waals surface area contributed by atoms with Crippen molar-refractivity contribution in [2.24, 2.45) is 5.84 Å². The molecule has 0 aliphatic heterocycles. The Hall–Kier alpha value is -2.32. The SMILES string of the molecule is CC(C(=O)NN)n1ccc2ccc(C#N)cc21. The molecule has 5 heteroatoms.